The second kappa shape index (κ2) is 6.07. The molecular weight excluding hydrogens is 258 g/mol. The number of alkyl halides is 1. The van der Waals surface area contributed by atoms with Crippen LogP contribution in [0.25, 0.3) is 10.8 Å². The van der Waals surface area contributed by atoms with E-state index in [1.807, 2.05) is 61.2 Å². The van der Waals surface area contributed by atoms with Gasteiger partial charge in [0.15, 0.2) is 0 Å². The molecule has 0 fully saturated rings. The van der Waals surface area contributed by atoms with E-state index in [-0.39, 0.29) is 11.9 Å². The Labute approximate surface area is 119 Å². The highest BCUT2D eigenvalue weighted by atomic mass is 35.5. The molecule has 0 saturated heterocycles. The molecule has 0 aliphatic rings. The van der Waals surface area contributed by atoms with E-state index in [0.29, 0.717) is 12.4 Å². The number of amides is 1. The van der Waals surface area contributed by atoms with Crippen LogP contribution in [0.3, 0.4) is 0 Å². The van der Waals surface area contributed by atoms with Crippen molar-refractivity contribution in [1.29, 1.82) is 0 Å². The quantitative estimate of drug-likeness (QED) is 0.774. The molecule has 0 heterocycles. The maximum atomic E-state index is 12.7. The summed E-state index contributed by atoms with van der Waals surface area (Å²) >= 11 is 5.80. The van der Waals surface area contributed by atoms with Crippen LogP contribution in [0.1, 0.15) is 24.2 Å². The first-order valence-electron chi connectivity index (χ1n) is 6.50. The second-order valence-corrected chi connectivity index (χ2v) is 5.19. The fraction of sp³-hybridized carbons (Fsp3) is 0.312. The lowest BCUT2D eigenvalue weighted by Crippen LogP contribution is -2.38. The molecule has 0 aliphatic carbocycles. The summed E-state index contributed by atoms with van der Waals surface area (Å²) in [5.74, 6) is 0.502. The Balaban J connectivity index is 2.45. The maximum Gasteiger partial charge on any atom is 0.254 e. The predicted octanol–water partition coefficient (Wildman–Crippen LogP) is 3.93. The highest BCUT2D eigenvalue weighted by Gasteiger charge is 2.19. The Hall–Kier alpha value is -1.54. The van der Waals surface area contributed by atoms with Crippen molar-refractivity contribution < 1.29 is 4.79 Å². The van der Waals surface area contributed by atoms with E-state index in [1.54, 1.807) is 0 Å². The third-order valence-corrected chi connectivity index (χ3v) is 3.40. The van der Waals surface area contributed by atoms with Gasteiger partial charge in [0.05, 0.1) is 0 Å². The highest BCUT2D eigenvalue weighted by molar-refractivity contribution is 6.18. The van der Waals surface area contributed by atoms with Gasteiger partial charge in [-0.2, -0.15) is 0 Å². The Kier molecular flexibility index (Phi) is 4.43. The number of halogens is 1. The Morgan fingerprint density at radius 1 is 1.16 bits per heavy atom. The molecule has 0 N–H and O–H groups in total. The number of benzene rings is 2. The summed E-state index contributed by atoms with van der Waals surface area (Å²) in [4.78, 5) is 14.5. The van der Waals surface area contributed by atoms with Crippen LogP contribution in [0.15, 0.2) is 42.5 Å². The molecule has 0 unspecified atom stereocenters. The number of hydrogen-bond donors (Lipinski definition) is 0. The van der Waals surface area contributed by atoms with Crippen molar-refractivity contribution >= 4 is 28.3 Å². The fourth-order valence-electron chi connectivity index (χ4n) is 2.25. The maximum absolute atomic E-state index is 12.7. The van der Waals surface area contributed by atoms with Crippen molar-refractivity contribution in [2.24, 2.45) is 0 Å². The van der Waals surface area contributed by atoms with Gasteiger partial charge in [0.25, 0.3) is 5.91 Å². The summed E-state index contributed by atoms with van der Waals surface area (Å²) in [6.07, 6.45) is 0. The van der Waals surface area contributed by atoms with E-state index < -0.39 is 0 Å². The zero-order valence-corrected chi connectivity index (χ0v) is 12.0. The van der Waals surface area contributed by atoms with E-state index in [4.69, 9.17) is 11.6 Å². The van der Waals surface area contributed by atoms with E-state index >= 15 is 0 Å². The van der Waals surface area contributed by atoms with Crippen molar-refractivity contribution in [2.45, 2.75) is 19.9 Å². The number of rotatable bonds is 4. The summed E-state index contributed by atoms with van der Waals surface area (Å²) in [5, 5.41) is 2.08. The molecule has 100 valence electrons. The zero-order chi connectivity index (χ0) is 13.8. The molecule has 0 bridgehead atoms. The standard InChI is InChI=1S/C16H18ClNO/c1-12(2)18(11-10-17)16(19)15-9-5-7-13-6-3-4-8-14(13)15/h3-9,12H,10-11H2,1-2H3. The van der Waals surface area contributed by atoms with E-state index in [2.05, 4.69) is 0 Å². The normalized spacial score (nSPS) is 10.9. The first kappa shape index (κ1) is 13.9. The minimum atomic E-state index is 0.0486. The molecule has 19 heavy (non-hydrogen) atoms. The Morgan fingerprint density at radius 2 is 1.84 bits per heavy atom. The van der Waals surface area contributed by atoms with Crippen molar-refractivity contribution in [3.63, 3.8) is 0 Å². The molecule has 0 spiro atoms. The van der Waals surface area contributed by atoms with E-state index in [1.165, 1.54) is 0 Å². The minimum absolute atomic E-state index is 0.0486. The number of nitrogens with zero attached hydrogens (tertiary/aromatic N) is 1. The third kappa shape index (κ3) is 2.90. The van der Waals surface area contributed by atoms with Crippen molar-refractivity contribution in [3.05, 3.63) is 48.0 Å². The minimum Gasteiger partial charge on any atom is -0.335 e. The molecular formula is C16H18ClNO. The molecule has 2 rings (SSSR count). The lowest BCUT2D eigenvalue weighted by molar-refractivity contribution is 0.0720. The van der Waals surface area contributed by atoms with Gasteiger partial charge in [-0.25, -0.2) is 0 Å². The van der Waals surface area contributed by atoms with Crippen LogP contribution < -0.4 is 0 Å². The van der Waals surface area contributed by atoms with E-state index in [0.717, 1.165) is 16.3 Å². The summed E-state index contributed by atoms with van der Waals surface area (Å²) in [6, 6.07) is 13.9. The number of fused-ring (bicyclic) bond motifs is 1. The fourth-order valence-corrected chi connectivity index (χ4v) is 2.43. The average molecular weight is 276 g/mol. The van der Waals surface area contributed by atoms with Gasteiger partial charge in [-0.1, -0.05) is 36.4 Å². The van der Waals surface area contributed by atoms with Crippen LogP contribution in [0.2, 0.25) is 0 Å². The van der Waals surface area contributed by atoms with Gasteiger partial charge >= 0.3 is 0 Å². The lowest BCUT2D eigenvalue weighted by atomic mass is 10.0. The van der Waals surface area contributed by atoms with Gasteiger partial charge in [0, 0.05) is 24.0 Å². The summed E-state index contributed by atoms with van der Waals surface area (Å²) < 4.78 is 0. The van der Waals surface area contributed by atoms with Crippen LogP contribution >= 0.6 is 11.6 Å². The van der Waals surface area contributed by atoms with Gasteiger partial charge < -0.3 is 4.90 Å². The molecule has 3 heteroatoms. The number of carbonyl (C=O) groups excluding carboxylic acids is 1. The zero-order valence-electron chi connectivity index (χ0n) is 11.3. The van der Waals surface area contributed by atoms with Crippen LogP contribution in [-0.2, 0) is 0 Å². The van der Waals surface area contributed by atoms with Crippen molar-refractivity contribution in [1.82, 2.24) is 4.90 Å². The molecule has 0 aromatic heterocycles. The summed E-state index contributed by atoms with van der Waals surface area (Å²) in [7, 11) is 0. The summed E-state index contributed by atoms with van der Waals surface area (Å²) in [5.41, 5.74) is 0.747. The molecule has 2 aromatic carbocycles. The average Bonchev–Trinajstić information content (AvgIpc) is 2.43. The number of hydrogen-bond acceptors (Lipinski definition) is 1. The lowest BCUT2D eigenvalue weighted by Gasteiger charge is -2.26. The van der Waals surface area contributed by atoms with Crippen LogP contribution in [-0.4, -0.2) is 29.3 Å². The first-order valence-corrected chi connectivity index (χ1v) is 7.03. The van der Waals surface area contributed by atoms with Gasteiger partial charge in [-0.3, -0.25) is 4.79 Å². The van der Waals surface area contributed by atoms with Gasteiger partial charge in [0.2, 0.25) is 0 Å². The van der Waals surface area contributed by atoms with Gasteiger partial charge in [-0.05, 0) is 30.7 Å². The highest BCUT2D eigenvalue weighted by Crippen LogP contribution is 2.20. The number of carbonyl (C=O) groups is 1. The Morgan fingerprint density at radius 3 is 2.53 bits per heavy atom. The SMILES string of the molecule is CC(C)N(CCCl)C(=O)c1cccc2ccccc12. The van der Waals surface area contributed by atoms with Crippen molar-refractivity contribution in [2.75, 3.05) is 12.4 Å². The Bertz CT molecular complexity index is 574. The van der Waals surface area contributed by atoms with Crippen LogP contribution in [0.4, 0.5) is 0 Å². The molecule has 2 aromatic rings. The molecule has 0 atom stereocenters. The van der Waals surface area contributed by atoms with E-state index in [9.17, 15) is 4.79 Å². The van der Waals surface area contributed by atoms with Crippen molar-refractivity contribution in [3.8, 4) is 0 Å². The third-order valence-electron chi connectivity index (χ3n) is 3.23. The largest absolute Gasteiger partial charge is 0.335 e. The topological polar surface area (TPSA) is 20.3 Å². The molecule has 2 nitrogen and oxygen atoms in total. The molecule has 0 radical (unpaired) electrons. The molecule has 0 saturated carbocycles. The monoisotopic (exact) mass is 275 g/mol. The molecule has 0 aliphatic heterocycles. The summed E-state index contributed by atoms with van der Waals surface area (Å²) in [6.45, 7) is 4.59. The van der Waals surface area contributed by atoms with Gasteiger partial charge in [0.1, 0.15) is 0 Å². The second-order valence-electron chi connectivity index (χ2n) is 4.81. The smallest absolute Gasteiger partial charge is 0.254 e. The first-order chi connectivity index (χ1) is 9.15. The molecule has 1 amide bonds. The predicted molar refractivity (Wildman–Crippen MR) is 80.8 cm³/mol. The van der Waals surface area contributed by atoms with Crippen LogP contribution in [0, 0.1) is 0 Å². The van der Waals surface area contributed by atoms with Gasteiger partial charge in [-0.15, -0.1) is 11.6 Å². The van der Waals surface area contributed by atoms with Crippen LogP contribution in [0.5, 0.6) is 0 Å².